The first-order chi connectivity index (χ1) is 11.2. The van der Waals surface area contributed by atoms with E-state index in [0.717, 1.165) is 44.0 Å². The number of pyridine rings is 1. The van der Waals surface area contributed by atoms with Crippen molar-refractivity contribution in [2.24, 2.45) is 10.9 Å². The number of para-hydroxylation sites is 1. The van der Waals surface area contributed by atoms with Gasteiger partial charge in [-0.3, -0.25) is 9.98 Å². The second-order valence-corrected chi connectivity index (χ2v) is 6.11. The lowest BCUT2D eigenvalue weighted by molar-refractivity contribution is 0.594. The molecule has 0 aliphatic heterocycles. The van der Waals surface area contributed by atoms with Gasteiger partial charge in [0.05, 0.1) is 5.52 Å². The van der Waals surface area contributed by atoms with Crippen LogP contribution in [0.2, 0.25) is 0 Å². The third-order valence-electron chi connectivity index (χ3n) is 3.72. The molecule has 0 fully saturated rings. The van der Waals surface area contributed by atoms with Gasteiger partial charge in [0.25, 0.3) is 0 Å². The molecule has 4 nitrogen and oxygen atoms in total. The normalized spacial score (nSPS) is 11.9. The van der Waals surface area contributed by atoms with Crippen LogP contribution in [0, 0.1) is 5.92 Å². The zero-order valence-electron chi connectivity index (χ0n) is 14.5. The van der Waals surface area contributed by atoms with Crippen molar-refractivity contribution in [3.63, 3.8) is 0 Å². The van der Waals surface area contributed by atoms with Crippen molar-refractivity contribution in [3.05, 3.63) is 42.1 Å². The van der Waals surface area contributed by atoms with E-state index >= 15 is 0 Å². The summed E-state index contributed by atoms with van der Waals surface area (Å²) in [6.45, 7) is 9.14. The third-order valence-corrected chi connectivity index (χ3v) is 3.72. The van der Waals surface area contributed by atoms with Crippen molar-refractivity contribution in [2.45, 2.75) is 33.6 Å². The van der Waals surface area contributed by atoms with E-state index in [4.69, 9.17) is 0 Å². The first-order valence-corrected chi connectivity index (χ1v) is 8.55. The molecule has 0 bridgehead atoms. The zero-order valence-corrected chi connectivity index (χ0v) is 14.5. The van der Waals surface area contributed by atoms with Crippen LogP contribution in [0.15, 0.2) is 41.5 Å². The lowest BCUT2D eigenvalue weighted by atomic mass is 10.1. The molecule has 0 aliphatic rings. The lowest BCUT2D eigenvalue weighted by Crippen LogP contribution is -2.38. The van der Waals surface area contributed by atoms with Crippen LogP contribution >= 0.6 is 0 Å². The maximum absolute atomic E-state index is 4.63. The predicted molar refractivity (Wildman–Crippen MR) is 98.9 cm³/mol. The Labute approximate surface area is 139 Å². The summed E-state index contributed by atoms with van der Waals surface area (Å²) in [7, 11) is 0. The largest absolute Gasteiger partial charge is 0.357 e. The minimum atomic E-state index is 0.684. The van der Waals surface area contributed by atoms with Gasteiger partial charge in [-0.25, -0.2) is 0 Å². The number of rotatable bonds is 7. The Morgan fingerprint density at radius 2 is 2.00 bits per heavy atom. The van der Waals surface area contributed by atoms with Gasteiger partial charge in [0.1, 0.15) is 0 Å². The standard InChI is InChI=1S/C19H28N4/c1-4-20-19(22-13-10-15(2)3)23-14-11-17-8-5-7-16-9-6-12-21-18(16)17/h5-9,12,15H,4,10-11,13-14H2,1-3H3,(H2,20,22,23). The van der Waals surface area contributed by atoms with E-state index in [1.807, 2.05) is 12.3 Å². The summed E-state index contributed by atoms with van der Waals surface area (Å²) >= 11 is 0. The SMILES string of the molecule is CCNC(=NCCC(C)C)NCCc1cccc2cccnc12. The number of guanidine groups is 1. The van der Waals surface area contributed by atoms with Crippen molar-refractivity contribution in [2.75, 3.05) is 19.6 Å². The highest BCUT2D eigenvalue weighted by Crippen LogP contribution is 2.15. The molecule has 23 heavy (non-hydrogen) atoms. The van der Waals surface area contributed by atoms with E-state index < -0.39 is 0 Å². The van der Waals surface area contributed by atoms with E-state index in [9.17, 15) is 0 Å². The molecular weight excluding hydrogens is 284 g/mol. The fourth-order valence-corrected chi connectivity index (χ4v) is 2.46. The van der Waals surface area contributed by atoms with Crippen molar-refractivity contribution < 1.29 is 0 Å². The number of nitrogens with zero attached hydrogens (tertiary/aromatic N) is 2. The molecule has 2 aromatic rings. The Morgan fingerprint density at radius 1 is 1.17 bits per heavy atom. The molecule has 1 aromatic heterocycles. The van der Waals surface area contributed by atoms with Crippen molar-refractivity contribution in [1.29, 1.82) is 0 Å². The van der Waals surface area contributed by atoms with Crippen LogP contribution < -0.4 is 10.6 Å². The van der Waals surface area contributed by atoms with Gasteiger partial charge in [-0.15, -0.1) is 0 Å². The molecular formula is C19H28N4. The molecule has 124 valence electrons. The molecule has 0 saturated heterocycles. The Hall–Kier alpha value is -2.10. The molecule has 1 aromatic carbocycles. The van der Waals surface area contributed by atoms with Gasteiger partial charge in [-0.2, -0.15) is 0 Å². The van der Waals surface area contributed by atoms with Crippen LogP contribution in [-0.2, 0) is 6.42 Å². The number of fused-ring (bicyclic) bond motifs is 1. The van der Waals surface area contributed by atoms with Gasteiger partial charge in [-0.05, 0) is 37.3 Å². The monoisotopic (exact) mass is 312 g/mol. The molecule has 2 rings (SSSR count). The van der Waals surface area contributed by atoms with E-state index in [-0.39, 0.29) is 0 Å². The number of hydrogen-bond donors (Lipinski definition) is 2. The van der Waals surface area contributed by atoms with Gasteiger partial charge in [0.15, 0.2) is 5.96 Å². The van der Waals surface area contributed by atoms with Gasteiger partial charge in [0, 0.05) is 31.2 Å². The molecule has 4 heteroatoms. The van der Waals surface area contributed by atoms with Crippen LogP contribution in [-0.4, -0.2) is 30.6 Å². The molecule has 0 amide bonds. The highest BCUT2D eigenvalue weighted by atomic mass is 15.2. The summed E-state index contributed by atoms with van der Waals surface area (Å²) in [4.78, 5) is 9.14. The summed E-state index contributed by atoms with van der Waals surface area (Å²) in [6, 6.07) is 10.4. The quantitative estimate of drug-likeness (QED) is 0.609. The van der Waals surface area contributed by atoms with Crippen molar-refractivity contribution in [1.82, 2.24) is 15.6 Å². The van der Waals surface area contributed by atoms with E-state index in [2.05, 4.69) is 65.6 Å². The Bertz CT molecular complexity index is 629. The number of aromatic nitrogens is 1. The molecule has 0 atom stereocenters. The lowest BCUT2D eigenvalue weighted by Gasteiger charge is -2.12. The first kappa shape index (κ1) is 17.3. The Balaban J connectivity index is 1.93. The number of benzene rings is 1. The van der Waals surface area contributed by atoms with E-state index in [1.54, 1.807) is 0 Å². The zero-order chi connectivity index (χ0) is 16.5. The number of aliphatic imine (C=N–C) groups is 1. The minimum absolute atomic E-state index is 0.684. The highest BCUT2D eigenvalue weighted by Gasteiger charge is 2.03. The summed E-state index contributed by atoms with van der Waals surface area (Å²) in [6.07, 6.45) is 3.91. The van der Waals surface area contributed by atoms with Crippen molar-refractivity contribution >= 4 is 16.9 Å². The van der Waals surface area contributed by atoms with Crippen LogP contribution in [0.3, 0.4) is 0 Å². The third kappa shape index (κ3) is 5.55. The summed E-state index contributed by atoms with van der Waals surface area (Å²) in [5.41, 5.74) is 2.37. The second-order valence-electron chi connectivity index (χ2n) is 6.11. The molecule has 2 N–H and O–H groups in total. The molecule has 0 radical (unpaired) electrons. The topological polar surface area (TPSA) is 49.3 Å². The van der Waals surface area contributed by atoms with Crippen LogP contribution in [0.1, 0.15) is 32.8 Å². The maximum Gasteiger partial charge on any atom is 0.191 e. The maximum atomic E-state index is 4.63. The fourth-order valence-electron chi connectivity index (χ4n) is 2.46. The van der Waals surface area contributed by atoms with Gasteiger partial charge < -0.3 is 10.6 Å². The van der Waals surface area contributed by atoms with Gasteiger partial charge in [0.2, 0.25) is 0 Å². The second kappa shape index (κ2) is 9.13. The minimum Gasteiger partial charge on any atom is -0.357 e. The Morgan fingerprint density at radius 3 is 2.78 bits per heavy atom. The first-order valence-electron chi connectivity index (χ1n) is 8.55. The molecule has 0 aliphatic carbocycles. The van der Waals surface area contributed by atoms with Crippen LogP contribution in [0.4, 0.5) is 0 Å². The highest BCUT2D eigenvalue weighted by molar-refractivity contribution is 5.82. The van der Waals surface area contributed by atoms with E-state index in [1.165, 1.54) is 10.9 Å². The van der Waals surface area contributed by atoms with E-state index in [0.29, 0.717) is 5.92 Å². The summed E-state index contributed by atoms with van der Waals surface area (Å²) in [5, 5.41) is 7.92. The van der Waals surface area contributed by atoms with Gasteiger partial charge >= 0.3 is 0 Å². The fraction of sp³-hybridized carbons (Fsp3) is 0.474. The average molecular weight is 312 g/mol. The molecule has 1 heterocycles. The molecule has 0 saturated carbocycles. The predicted octanol–water partition coefficient (Wildman–Crippen LogP) is 3.38. The van der Waals surface area contributed by atoms with Crippen LogP contribution in [0.5, 0.6) is 0 Å². The van der Waals surface area contributed by atoms with Gasteiger partial charge in [-0.1, -0.05) is 38.1 Å². The smallest absolute Gasteiger partial charge is 0.191 e. The number of hydrogen-bond acceptors (Lipinski definition) is 2. The summed E-state index contributed by atoms with van der Waals surface area (Å²) in [5.74, 6) is 1.59. The Kier molecular flexibility index (Phi) is 6.85. The average Bonchev–Trinajstić information content (AvgIpc) is 2.55. The molecule has 0 spiro atoms. The van der Waals surface area contributed by atoms with Crippen molar-refractivity contribution in [3.8, 4) is 0 Å². The van der Waals surface area contributed by atoms with Crippen LogP contribution in [0.25, 0.3) is 10.9 Å². The molecule has 0 unspecified atom stereocenters. The number of nitrogens with one attached hydrogen (secondary N) is 2. The summed E-state index contributed by atoms with van der Waals surface area (Å²) < 4.78 is 0.